The van der Waals surface area contributed by atoms with E-state index >= 15 is 0 Å². The van der Waals surface area contributed by atoms with Gasteiger partial charge in [0.1, 0.15) is 5.75 Å². The average molecular weight is 488 g/mol. The first kappa shape index (κ1) is 22.2. The number of fused-ring (bicyclic) bond motifs is 1. The lowest BCUT2D eigenvalue weighted by molar-refractivity contribution is -0.0454. The fourth-order valence-corrected chi connectivity index (χ4v) is 3.81. The van der Waals surface area contributed by atoms with Gasteiger partial charge in [-0.2, -0.15) is 0 Å². The second-order valence-electron chi connectivity index (χ2n) is 7.11. The lowest BCUT2D eigenvalue weighted by Gasteiger charge is -2.35. The van der Waals surface area contributed by atoms with Crippen molar-refractivity contribution < 1.29 is 9.47 Å². The summed E-state index contributed by atoms with van der Waals surface area (Å²) in [6, 6.07) is 8.89. The number of benzene rings is 1. The van der Waals surface area contributed by atoms with Crippen LogP contribution in [0.15, 0.2) is 29.3 Å². The Labute approximate surface area is 180 Å². The third-order valence-corrected chi connectivity index (χ3v) is 5.18. The minimum absolute atomic E-state index is 0. The molecule has 2 atom stereocenters. The normalized spacial score (nSPS) is 22.7. The van der Waals surface area contributed by atoms with Crippen molar-refractivity contribution in [1.29, 1.82) is 0 Å². The Bertz CT molecular complexity index is 596. The molecule has 2 saturated heterocycles. The van der Waals surface area contributed by atoms with Gasteiger partial charge in [-0.3, -0.25) is 9.89 Å². The molecule has 0 spiro atoms. The van der Waals surface area contributed by atoms with Gasteiger partial charge in [0.2, 0.25) is 0 Å². The van der Waals surface area contributed by atoms with Gasteiger partial charge >= 0.3 is 0 Å². The molecule has 0 aliphatic carbocycles. The maximum atomic E-state index is 6.03. The van der Waals surface area contributed by atoms with Gasteiger partial charge in [0.05, 0.1) is 19.3 Å². The third kappa shape index (κ3) is 6.22. The van der Waals surface area contributed by atoms with E-state index in [1.807, 2.05) is 26.1 Å². The largest absolute Gasteiger partial charge is 0.494 e. The quantitative estimate of drug-likeness (QED) is 0.379. The SMILES string of the molecule is CCOc1ccc(CN(C)C(=NC)NCC2CN3CCCC3CO2)cc1.I. The molecule has 0 aromatic heterocycles. The molecule has 0 amide bonds. The molecular formula is C20H33IN4O2. The summed E-state index contributed by atoms with van der Waals surface area (Å²) >= 11 is 0. The molecule has 1 aromatic carbocycles. The first-order valence-electron chi connectivity index (χ1n) is 9.68. The van der Waals surface area contributed by atoms with E-state index in [1.54, 1.807) is 0 Å². The van der Waals surface area contributed by atoms with Crippen LogP contribution in [0.25, 0.3) is 0 Å². The van der Waals surface area contributed by atoms with Gasteiger partial charge in [0, 0.05) is 39.8 Å². The number of halogens is 1. The smallest absolute Gasteiger partial charge is 0.193 e. The van der Waals surface area contributed by atoms with Crippen LogP contribution in [0.2, 0.25) is 0 Å². The molecule has 152 valence electrons. The molecule has 1 N–H and O–H groups in total. The van der Waals surface area contributed by atoms with E-state index in [0.29, 0.717) is 12.6 Å². The van der Waals surface area contributed by atoms with Crippen LogP contribution in [0.3, 0.4) is 0 Å². The molecule has 0 radical (unpaired) electrons. The Morgan fingerprint density at radius 2 is 2.15 bits per heavy atom. The molecule has 2 unspecified atom stereocenters. The zero-order valence-corrected chi connectivity index (χ0v) is 19.0. The van der Waals surface area contributed by atoms with Crippen LogP contribution in [-0.4, -0.2) is 74.8 Å². The number of rotatable bonds is 6. The van der Waals surface area contributed by atoms with Crippen LogP contribution in [-0.2, 0) is 11.3 Å². The average Bonchev–Trinajstić information content (AvgIpc) is 3.12. The number of guanidine groups is 1. The number of morpholine rings is 1. The van der Waals surface area contributed by atoms with Crippen LogP contribution >= 0.6 is 24.0 Å². The zero-order valence-electron chi connectivity index (χ0n) is 16.7. The van der Waals surface area contributed by atoms with Crippen LogP contribution in [0.5, 0.6) is 5.75 Å². The van der Waals surface area contributed by atoms with Crippen molar-refractivity contribution in [3.8, 4) is 5.75 Å². The molecule has 7 heteroatoms. The van der Waals surface area contributed by atoms with Gasteiger partial charge in [-0.05, 0) is 44.0 Å². The van der Waals surface area contributed by atoms with Crippen molar-refractivity contribution in [3.05, 3.63) is 29.8 Å². The minimum atomic E-state index is 0. The Kier molecular flexibility index (Phi) is 9.11. The summed E-state index contributed by atoms with van der Waals surface area (Å²) in [6.45, 7) is 7.39. The van der Waals surface area contributed by atoms with Crippen molar-refractivity contribution in [2.24, 2.45) is 4.99 Å². The number of nitrogens with zero attached hydrogens (tertiary/aromatic N) is 3. The zero-order chi connectivity index (χ0) is 18.4. The van der Waals surface area contributed by atoms with Gasteiger partial charge in [0.25, 0.3) is 0 Å². The van der Waals surface area contributed by atoms with E-state index in [0.717, 1.165) is 38.0 Å². The van der Waals surface area contributed by atoms with Gasteiger partial charge in [-0.25, -0.2) is 0 Å². The van der Waals surface area contributed by atoms with Crippen molar-refractivity contribution in [2.45, 2.75) is 38.5 Å². The second-order valence-corrected chi connectivity index (χ2v) is 7.11. The summed E-state index contributed by atoms with van der Waals surface area (Å²) in [5, 5.41) is 3.47. The Balaban J connectivity index is 0.00000261. The van der Waals surface area contributed by atoms with E-state index < -0.39 is 0 Å². The molecule has 3 rings (SSSR count). The fourth-order valence-electron chi connectivity index (χ4n) is 3.81. The number of aliphatic imine (C=N–C) groups is 1. The summed E-state index contributed by atoms with van der Waals surface area (Å²) in [4.78, 5) is 9.13. The van der Waals surface area contributed by atoms with Gasteiger partial charge < -0.3 is 19.7 Å². The molecule has 6 nitrogen and oxygen atoms in total. The van der Waals surface area contributed by atoms with E-state index in [9.17, 15) is 0 Å². The first-order chi connectivity index (χ1) is 12.7. The summed E-state index contributed by atoms with van der Waals surface area (Å²) in [5.74, 6) is 1.81. The minimum Gasteiger partial charge on any atom is -0.494 e. The van der Waals surface area contributed by atoms with E-state index in [4.69, 9.17) is 9.47 Å². The summed E-state index contributed by atoms with van der Waals surface area (Å²) in [7, 11) is 3.89. The molecule has 2 aliphatic rings. The molecule has 2 heterocycles. The summed E-state index contributed by atoms with van der Waals surface area (Å²) in [5.41, 5.74) is 1.23. The molecule has 0 bridgehead atoms. The topological polar surface area (TPSA) is 49.3 Å². The molecule has 1 aromatic rings. The Morgan fingerprint density at radius 1 is 1.37 bits per heavy atom. The maximum Gasteiger partial charge on any atom is 0.193 e. The number of hydrogen-bond donors (Lipinski definition) is 1. The highest BCUT2D eigenvalue weighted by Gasteiger charge is 2.32. The summed E-state index contributed by atoms with van der Waals surface area (Å²) in [6.07, 6.45) is 2.83. The van der Waals surface area contributed by atoms with E-state index in [1.165, 1.54) is 24.9 Å². The lowest BCUT2D eigenvalue weighted by atomic mass is 10.2. The van der Waals surface area contributed by atoms with Crippen molar-refractivity contribution >= 4 is 29.9 Å². The predicted molar refractivity (Wildman–Crippen MR) is 120 cm³/mol. The van der Waals surface area contributed by atoms with Gasteiger partial charge in [-0.1, -0.05) is 12.1 Å². The van der Waals surface area contributed by atoms with Crippen LogP contribution in [0.1, 0.15) is 25.3 Å². The number of ether oxygens (including phenoxy) is 2. The molecule has 2 fully saturated rings. The molecular weight excluding hydrogens is 455 g/mol. The van der Waals surface area contributed by atoms with Crippen LogP contribution in [0.4, 0.5) is 0 Å². The third-order valence-electron chi connectivity index (χ3n) is 5.18. The van der Waals surface area contributed by atoms with Crippen molar-refractivity contribution in [1.82, 2.24) is 15.1 Å². The maximum absolute atomic E-state index is 6.03. The molecule has 2 aliphatic heterocycles. The lowest BCUT2D eigenvalue weighted by Crippen LogP contribution is -2.51. The first-order valence-corrected chi connectivity index (χ1v) is 9.68. The van der Waals surface area contributed by atoms with Crippen LogP contribution < -0.4 is 10.1 Å². The monoisotopic (exact) mass is 488 g/mol. The Hall–Kier alpha value is -1.06. The predicted octanol–water partition coefficient (Wildman–Crippen LogP) is 2.57. The molecule has 0 saturated carbocycles. The van der Waals surface area contributed by atoms with Gasteiger partial charge in [-0.15, -0.1) is 24.0 Å². The van der Waals surface area contributed by atoms with Crippen molar-refractivity contribution in [2.75, 3.05) is 46.9 Å². The highest BCUT2D eigenvalue weighted by molar-refractivity contribution is 14.0. The summed E-state index contributed by atoms with van der Waals surface area (Å²) < 4.78 is 11.5. The standard InChI is InChI=1S/C20H32N4O2.HI/c1-4-25-18-9-7-16(8-10-18)13-23(3)20(21-2)22-12-19-14-24-11-5-6-17(24)15-26-19;/h7-10,17,19H,4-6,11-15H2,1-3H3,(H,21,22);1H. The number of nitrogens with one attached hydrogen (secondary N) is 1. The van der Waals surface area contributed by atoms with E-state index in [2.05, 4.69) is 39.3 Å². The Morgan fingerprint density at radius 3 is 2.85 bits per heavy atom. The van der Waals surface area contributed by atoms with Crippen molar-refractivity contribution in [3.63, 3.8) is 0 Å². The molecule has 27 heavy (non-hydrogen) atoms. The highest BCUT2D eigenvalue weighted by Crippen LogP contribution is 2.22. The second kappa shape index (κ2) is 11.1. The van der Waals surface area contributed by atoms with E-state index in [-0.39, 0.29) is 30.1 Å². The fraction of sp³-hybridized carbons (Fsp3) is 0.650. The van der Waals surface area contributed by atoms with Gasteiger partial charge in [0.15, 0.2) is 5.96 Å². The van der Waals surface area contributed by atoms with Crippen LogP contribution in [0, 0.1) is 0 Å². The highest BCUT2D eigenvalue weighted by atomic mass is 127. The number of hydrogen-bond acceptors (Lipinski definition) is 4.